The average molecular weight is 197 g/mol. The number of imidazole rings is 1. The first-order valence-electron chi connectivity index (χ1n) is 4.19. The van der Waals surface area contributed by atoms with Crippen molar-refractivity contribution >= 4 is 11.0 Å². The summed E-state index contributed by atoms with van der Waals surface area (Å²) in [4.78, 5) is 6.53. The molecular weight excluding hydrogens is 188 g/mol. The van der Waals surface area contributed by atoms with Crippen molar-refractivity contribution in [1.82, 2.24) is 9.97 Å². The zero-order valence-electron chi connectivity index (χ0n) is 7.51. The molecule has 0 aliphatic heterocycles. The van der Waals surface area contributed by atoms with E-state index in [0.29, 0.717) is 5.82 Å². The van der Waals surface area contributed by atoms with E-state index in [1.165, 1.54) is 0 Å². The van der Waals surface area contributed by atoms with Gasteiger partial charge < -0.3 is 10.7 Å². The summed E-state index contributed by atoms with van der Waals surface area (Å²) in [6.45, 7) is 1.69. The van der Waals surface area contributed by atoms with E-state index < -0.39 is 11.6 Å². The van der Waals surface area contributed by atoms with Crippen LogP contribution in [0.25, 0.3) is 11.0 Å². The summed E-state index contributed by atoms with van der Waals surface area (Å²) in [5, 5.41) is 0. The van der Waals surface area contributed by atoms with Gasteiger partial charge in [0.05, 0.1) is 6.04 Å². The van der Waals surface area contributed by atoms with Crippen LogP contribution >= 0.6 is 0 Å². The Morgan fingerprint density at radius 1 is 1.36 bits per heavy atom. The standard InChI is InChI=1S/C9H9F2N3/c1-4(12)9-13-7-5(10)2-3-6(11)8(7)14-9/h2-4H,12H2,1H3,(H,13,14)/t4-/m0/s1. The second-order valence-corrected chi connectivity index (χ2v) is 3.16. The third-order valence-corrected chi connectivity index (χ3v) is 1.99. The van der Waals surface area contributed by atoms with Crippen LogP contribution < -0.4 is 5.73 Å². The largest absolute Gasteiger partial charge is 0.338 e. The number of fused-ring (bicyclic) bond motifs is 1. The minimum Gasteiger partial charge on any atom is -0.338 e. The number of hydrogen-bond acceptors (Lipinski definition) is 2. The number of aromatic amines is 1. The van der Waals surface area contributed by atoms with Crippen molar-refractivity contribution in [3.8, 4) is 0 Å². The van der Waals surface area contributed by atoms with Gasteiger partial charge in [0.2, 0.25) is 0 Å². The molecule has 2 rings (SSSR count). The summed E-state index contributed by atoms with van der Waals surface area (Å²) in [5.74, 6) is -0.700. The van der Waals surface area contributed by atoms with Crippen LogP contribution in [0.3, 0.4) is 0 Å². The SMILES string of the molecule is C[C@H](N)c1nc2c(F)ccc(F)c2[nH]1. The van der Waals surface area contributed by atoms with Gasteiger partial charge >= 0.3 is 0 Å². The van der Waals surface area contributed by atoms with E-state index >= 15 is 0 Å². The number of benzene rings is 1. The fourth-order valence-corrected chi connectivity index (χ4v) is 1.26. The molecule has 1 aromatic carbocycles. The summed E-state index contributed by atoms with van der Waals surface area (Å²) in [6.07, 6.45) is 0. The summed E-state index contributed by atoms with van der Waals surface area (Å²) in [5.41, 5.74) is 5.60. The highest BCUT2D eigenvalue weighted by Gasteiger charge is 2.13. The molecule has 1 heterocycles. The normalized spacial score (nSPS) is 13.4. The van der Waals surface area contributed by atoms with Crippen LogP contribution in [0.4, 0.5) is 8.78 Å². The predicted octanol–water partition coefficient (Wildman–Crippen LogP) is 1.86. The van der Waals surface area contributed by atoms with E-state index in [9.17, 15) is 8.78 Å². The lowest BCUT2D eigenvalue weighted by Crippen LogP contribution is -2.06. The van der Waals surface area contributed by atoms with Gasteiger partial charge in [0, 0.05) is 0 Å². The molecule has 0 aliphatic carbocycles. The van der Waals surface area contributed by atoms with E-state index in [1.807, 2.05) is 0 Å². The maximum atomic E-state index is 13.2. The Balaban J connectivity index is 2.75. The molecule has 2 aromatic rings. The molecular formula is C9H9F2N3. The fourth-order valence-electron chi connectivity index (χ4n) is 1.26. The van der Waals surface area contributed by atoms with Crippen LogP contribution in [-0.4, -0.2) is 9.97 Å². The van der Waals surface area contributed by atoms with Gasteiger partial charge in [0.1, 0.15) is 22.7 Å². The molecule has 0 amide bonds. The van der Waals surface area contributed by atoms with Crippen LogP contribution in [0.2, 0.25) is 0 Å². The van der Waals surface area contributed by atoms with Crippen molar-refractivity contribution in [3.63, 3.8) is 0 Å². The lowest BCUT2D eigenvalue weighted by molar-refractivity contribution is 0.615. The Hall–Kier alpha value is -1.49. The van der Waals surface area contributed by atoms with Crippen LogP contribution in [0.15, 0.2) is 12.1 Å². The molecule has 0 fully saturated rings. The topological polar surface area (TPSA) is 54.7 Å². The molecule has 0 unspecified atom stereocenters. The van der Waals surface area contributed by atoms with E-state index in [0.717, 1.165) is 12.1 Å². The second kappa shape index (κ2) is 3.02. The van der Waals surface area contributed by atoms with E-state index in [4.69, 9.17) is 5.73 Å². The Kier molecular flexibility index (Phi) is 1.96. The van der Waals surface area contributed by atoms with Crippen LogP contribution in [0.5, 0.6) is 0 Å². The minimum atomic E-state index is -0.551. The van der Waals surface area contributed by atoms with Gasteiger partial charge in [0.15, 0.2) is 5.82 Å². The van der Waals surface area contributed by atoms with Gasteiger partial charge in [-0.3, -0.25) is 0 Å². The van der Waals surface area contributed by atoms with Crippen LogP contribution in [0.1, 0.15) is 18.8 Å². The average Bonchev–Trinajstić information content (AvgIpc) is 2.57. The summed E-state index contributed by atoms with van der Waals surface area (Å²) >= 11 is 0. The molecule has 3 N–H and O–H groups in total. The fraction of sp³-hybridized carbons (Fsp3) is 0.222. The number of H-pyrrole nitrogens is 1. The molecule has 1 aromatic heterocycles. The maximum absolute atomic E-state index is 13.2. The quantitative estimate of drug-likeness (QED) is 0.733. The third-order valence-electron chi connectivity index (χ3n) is 1.99. The number of rotatable bonds is 1. The summed E-state index contributed by atoms with van der Waals surface area (Å²) in [6, 6.07) is 1.73. The van der Waals surface area contributed by atoms with Gasteiger partial charge in [-0.05, 0) is 19.1 Å². The first kappa shape index (κ1) is 9.08. The van der Waals surface area contributed by atoms with Crippen molar-refractivity contribution in [2.75, 3.05) is 0 Å². The highest BCUT2D eigenvalue weighted by molar-refractivity contribution is 5.76. The van der Waals surface area contributed by atoms with E-state index in [2.05, 4.69) is 9.97 Å². The number of halogens is 2. The molecule has 14 heavy (non-hydrogen) atoms. The van der Waals surface area contributed by atoms with Crippen molar-refractivity contribution < 1.29 is 8.78 Å². The first-order chi connectivity index (χ1) is 6.59. The lowest BCUT2D eigenvalue weighted by atomic mass is 10.3. The zero-order chi connectivity index (χ0) is 10.3. The Morgan fingerprint density at radius 3 is 2.57 bits per heavy atom. The molecule has 5 heteroatoms. The molecule has 0 saturated carbocycles. The number of hydrogen-bond donors (Lipinski definition) is 2. The van der Waals surface area contributed by atoms with Gasteiger partial charge in [-0.25, -0.2) is 13.8 Å². The van der Waals surface area contributed by atoms with Gasteiger partial charge in [0.25, 0.3) is 0 Å². The summed E-state index contributed by atoms with van der Waals surface area (Å²) in [7, 11) is 0. The first-order valence-corrected chi connectivity index (χ1v) is 4.19. The Bertz CT molecular complexity index is 437. The highest BCUT2D eigenvalue weighted by atomic mass is 19.1. The highest BCUT2D eigenvalue weighted by Crippen LogP contribution is 2.20. The molecule has 0 spiro atoms. The van der Waals surface area contributed by atoms with Crippen molar-refractivity contribution in [1.29, 1.82) is 0 Å². The van der Waals surface area contributed by atoms with Crippen LogP contribution in [0, 0.1) is 11.6 Å². The lowest BCUT2D eigenvalue weighted by Gasteiger charge is -1.96. The van der Waals surface area contributed by atoms with Gasteiger partial charge in [-0.15, -0.1) is 0 Å². The Labute approximate surface area is 78.9 Å². The number of nitrogens with two attached hydrogens (primary N) is 1. The molecule has 74 valence electrons. The summed E-state index contributed by atoms with van der Waals surface area (Å²) < 4.78 is 26.3. The second-order valence-electron chi connectivity index (χ2n) is 3.16. The van der Waals surface area contributed by atoms with Crippen molar-refractivity contribution in [2.24, 2.45) is 5.73 Å². The maximum Gasteiger partial charge on any atom is 0.151 e. The van der Waals surface area contributed by atoms with E-state index in [1.54, 1.807) is 6.92 Å². The van der Waals surface area contributed by atoms with Gasteiger partial charge in [-0.2, -0.15) is 0 Å². The molecule has 0 aliphatic rings. The number of nitrogens with one attached hydrogen (secondary N) is 1. The van der Waals surface area contributed by atoms with Crippen molar-refractivity contribution in [3.05, 3.63) is 29.6 Å². The smallest absolute Gasteiger partial charge is 0.151 e. The third kappa shape index (κ3) is 1.26. The Morgan fingerprint density at radius 2 is 2.00 bits per heavy atom. The molecule has 0 saturated heterocycles. The van der Waals surface area contributed by atoms with Crippen molar-refractivity contribution in [2.45, 2.75) is 13.0 Å². The predicted molar refractivity (Wildman–Crippen MR) is 48.6 cm³/mol. The minimum absolute atomic E-state index is 0.00250. The van der Waals surface area contributed by atoms with Gasteiger partial charge in [-0.1, -0.05) is 0 Å². The monoisotopic (exact) mass is 197 g/mol. The molecule has 0 bridgehead atoms. The molecule has 0 radical (unpaired) electrons. The zero-order valence-corrected chi connectivity index (χ0v) is 7.51. The molecule has 3 nitrogen and oxygen atoms in total. The number of nitrogens with zero attached hydrogens (tertiary/aromatic N) is 1. The van der Waals surface area contributed by atoms with Crippen LogP contribution in [-0.2, 0) is 0 Å². The molecule has 1 atom stereocenters. The number of aromatic nitrogens is 2. The van der Waals surface area contributed by atoms with E-state index in [-0.39, 0.29) is 17.1 Å².